The molecule has 2 heterocycles. The highest BCUT2D eigenvalue weighted by molar-refractivity contribution is 7.14. The summed E-state index contributed by atoms with van der Waals surface area (Å²) in [5.74, 6) is 0.782. The predicted molar refractivity (Wildman–Crippen MR) is 62.1 cm³/mol. The van der Waals surface area contributed by atoms with Crippen LogP contribution in [0, 0.1) is 6.92 Å². The normalized spacial score (nSPS) is 10.9. The van der Waals surface area contributed by atoms with E-state index in [1.807, 2.05) is 6.92 Å². The van der Waals surface area contributed by atoms with Crippen molar-refractivity contribution >= 4 is 11.3 Å². The molecule has 0 radical (unpaired) electrons. The van der Waals surface area contributed by atoms with Gasteiger partial charge in [0.25, 0.3) is 0 Å². The minimum atomic E-state index is 0.774. The number of aryl methyl sites for hydroxylation is 1. The molecule has 0 unspecified atom stereocenters. The number of hydrogen-bond acceptors (Lipinski definition) is 6. The number of rotatable bonds is 5. The van der Waals surface area contributed by atoms with Crippen molar-refractivity contribution in [3.8, 4) is 10.6 Å². The summed E-state index contributed by atoms with van der Waals surface area (Å²) in [5.41, 5.74) is 0.930. The van der Waals surface area contributed by atoms with Crippen LogP contribution in [0.15, 0.2) is 10.7 Å². The standard InChI is InChI=1S/C10H14N4OS/c1-3-4-11-6-9-13-14-10(16-9)8-5-12-15-7(8)2/h5,11H,3-4,6H2,1-2H3. The summed E-state index contributed by atoms with van der Waals surface area (Å²) in [4.78, 5) is 0. The van der Waals surface area contributed by atoms with Crippen molar-refractivity contribution < 1.29 is 4.52 Å². The zero-order valence-electron chi connectivity index (χ0n) is 9.36. The third-order valence-corrected chi connectivity index (χ3v) is 3.11. The first-order chi connectivity index (χ1) is 7.81. The first-order valence-corrected chi connectivity index (χ1v) is 6.07. The molecular weight excluding hydrogens is 224 g/mol. The number of nitrogens with zero attached hydrogens (tertiary/aromatic N) is 3. The molecule has 0 atom stereocenters. The van der Waals surface area contributed by atoms with E-state index < -0.39 is 0 Å². The van der Waals surface area contributed by atoms with Gasteiger partial charge in [0.1, 0.15) is 10.8 Å². The van der Waals surface area contributed by atoms with Gasteiger partial charge in [-0.05, 0) is 19.9 Å². The van der Waals surface area contributed by atoms with E-state index in [9.17, 15) is 0 Å². The second-order valence-corrected chi connectivity index (χ2v) is 4.54. The second kappa shape index (κ2) is 5.18. The van der Waals surface area contributed by atoms with Gasteiger partial charge in [-0.25, -0.2) is 0 Å². The lowest BCUT2D eigenvalue weighted by Crippen LogP contribution is -2.13. The monoisotopic (exact) mass is 238 g/mol. The predicted octanol–water partition coefficient (Wildman–Crippen LogP) is 2.00. The van der Waals surface area contributed by atoms with Crippen LogP contribution in [0.2, 0.25) is 0 Å². The molecule has 0 aromatic carbocycles. The molecule has 0 aliphatic rings. The Kier molecular flexibility index (Phi) is 3.63. The van der Waals surface area contributed by atoms with Crippen LogP contribution in [0.3, 0.4) is 0 Å². The smallest absolute Gasteiger partial charge is 0.153 e. The lowest BCUT2D eigenvalue weighted by molar-refractivity contribution is 0.398. The van der Waals surface area contributed by atoms with Crippen molar-refractivity contribution in [2.45, 2.75) is 26.8 Å². The summed E-state index contributed by atoms with van der Waals surface area (Å²) < 4.78 is 5.00. The molecular formula is C10H14N4OS. The van der Waals surface area contributed by atoms with E-state index in [2.05, 4.69) is 27.6 Å². The molecule has 1 N–H and O–H groups in total. The van der Waals surface area contributed by atoms with Gasteiger partial charge in [0.15, 0.2) is 5.01 Å². The molecule has 0 amide bonds. The first-order valence-electron chi connectivity index (χ1n) is 5.26. The fourth-order valence-corrected chi connectivity index (χ4v) is 2.18. The molecule has 0 fully saturated rings. The molecule has 2 aromatic heterocycles. The minimum absolute atomic E-state index is 0.774. The van der Waals surface area contributed by atoms with E-state index in [4.69, 9.17) is 4.52 Å². The Labute approximate surface area is 97.9 Å². The van der Waals surface area contributed by atoms with E-state index in [1.165, 1.54) is 0 Å². The van der Waals surface area contributed by atoms with Gasteiger partial charge in [0.2, 0.25) is 0 Å². The van der Waals surface area contributed by atoms with E-state index in [-0.39, 0.29) is 0 Å². The molecule has 0 spiro atoms. The number of nitrogens with one attached hydrogen (secondary N) is 1. The SMILES string of the molecule is CCCNCc1nnc(-c2cnoc2C)s1. The van der Waals surface area contributed by atoms with E-state index in [0.29, 0.717) is 0 Å². The Morgan fingerprint density at radius 1 is 1.44 bits per heavy atom. The first kappa shape index (κ1) is 11.2. The van der Waals surface area contributed by atoms with Gasteiger partial charge >= 0.3 is 0 Å². The highest BCUT2D eigenvalue weighted by Gasteiger charge is 2.11. The molecule has 0 bridgehead atoms. The highest BCUT2D eigenvalue weighted by atomic mass is 32.1. The zero-order valence-corrected chi connectivity index (χ0v) is 10.2. The Morgan fingerprint density at radius 3 is 3.00 bits per heavy atom. The van der Waals surface area contributed by atoms with Crippen molar-refractivity contribution in [3.05, 3.63) is 17.0 Å². The van der Waals surface area contributed by atoms with Gasteiger partial charge in [0.05, 0.1) is 11.8 Å². The van der Waals surface area contributed by atoms with Crippen LogP contribution in [0.25, 0.3) is 10.6 Å². The molecule has 16 heavy (non-hydrogen) atoms. The molecule has 2 rings (SSSR count). The van der Waals surface area contributed by atoms with Crippen LogP contribution in [0.4, 0.5) is 0 Å². The topological polar surface area (TPSA) is 63.8 Å². The molecule has 86 valence electrons. The summed E-state index contributed by atoms with van der Waals surface area (Å²) in [6, 6.07) is 0. The lowest BCUT2D eigenvalue weighted by atomic mass is 10.3. The quantitative estimate of drug-likeness (QED) is 0.807. The average Bonchev–Trinajstić information content (AvgIpc) is 2.87. The van der Waals surface area contributed by atoms with Crippen molar-refractivity contribution in [2.24, 2.45) is 0 Å². The van der Waals surface area contributed by atoms with Gasteiger partial charge in [-0.2, -0.15) is 0 Å². The maximum atomic E-state index is 5.00. The molecule has 0 saturated carbocycles. The zero-order chi connectivity index (χ0) is 11.4. The summed E-state index contributed by atoms with van der Waals surface area (Å²) in [6.07, 6.45) is 2.80. The van der Waals surface area contributed by atoms with E-state index in [0.717, 1.165) is 40.8 Å². The fourth-order valence-electron chi connectivity index (χ4n) is 1.31. The summed E-state index contributed by atoms with van der Waals surface area (Å²) in [5, 5.41) is 17.1. The molecule has 0 saturated heterocycles. The summed E-state index contributed by atoms with van der Waals surface area (Å²) in [6.45, 7) is 5.79. The molecule has 2 aromatic rings. The number of aromatic nitrogens is 3. The highest BCUT2D eigenvalue weighted by Crippen LogP contribution is 2.25. The van der Waals surface area contributed by atoms with Crippen LogP contribution in [-0.2, 0) is 6.54 Å². The van der Waals surface area contributed by atoms with Crippen LogP contribution in [0.1, 0.15) is 24.1 Å². The summed E-state index contributed by atoms with van der Waals surface area (Å²) >= 11 is 1.57. The van der Waals surface area contributed by atoms with Crippen molar-refractivity contribution in [1.82, 2.24) is 20.7 Å². The van der Waals surface area contributed by atoms with Crippen molar-refractivity contribution in [2.75, 3.05) is 6.54 Å². The molecule has 5 nitrogen and oxygen atoms in total. The van der Waals surface area contributed by atoms with Gasteiger partial charge in [0, 0.05) is 6.54 Å². The third-order valence-electron chi connectivity index (χ3n) is 2.15. The Hall–Kier alpha value is -1.27. The van der Waals surface area contributed by atoms with Crippen molar-refractivity contribution in [3.63, 3.8) is 0 Å². The van der Waals surface area contributed by atoms with Gasteiger partial charge in [-0.3, -0.25) is 0 Å². The van der Waals surface area contributed by atoms with Gasteiger partial charge in [-0.1, -0.05) is 23.4 Å². The second-order valence-electron chi connectivity index (χ2n) is 3.47. The summed E-state index contributed by atoms with van der Waals surface area (Å²) in [7, 11) is 0. The fraction of sp³-hybridized carbons (Fsp3) is 0.500. The van der Waals surface area contributed by atoms with Crippen molar-refractivity contribution in [1.29, 1.82) is 0 Å². The van der Waals surface area contributed by atoms with E-state index in [1.54, 1.807) is 17.5 Å². The van der Waals surface area contributed by atoms with E-state index >= 15 is 0 Å². The Morgan fingerprint density at radius 2 is 2.31 bits per heavy atom. The molecule has 6 heteroatoms. The Balaban J connectivity index is 2.05. The van der Waals surface area contributed by atoms with Crippen LogP contribution >= 0.6 is 11.3 Å². The molecule has 0 aliphatic heterocycles. The lowest BCUT2D eigenvalue weighted by Gasteiger charge is -1.96. The maximum Gasteiger partial charge on any atom is 0.153 e. The minimum Gasteiger partial charge on any atom is -0.361 e. The maximum absolute atomic E-state index is 5.00. The average molecular weight is 238 g/mol. The van der Waals surface area contributed by atoms with Crippen LogP contribution < -0.4 is 5.32 Å². The largest absolute Gasteiger partial charge is 0.361 e. The third kappa shape index (κ3) is 2.45. The number of hydrogen-bond donors (Lipinski definition) is 1. The van der Waals surface area contributed by atoms with Crippen LogP contribution in [-0.4, -0.2) is 21.9 Å². The Bertz CT molecular complexity index is 451. The van der Waals surface area contributed by atoms with Gasteiger partial charge in [-0.15, -0.1) is 10.2 Å². The van der Waals surface area contributed by atoms with Gasteiger partial charge < -0.3 is 9.84 Å². The molecule has 0 aliphatic carbocycles. The van der Waals surface area contributed by atoms with Crippen LogP contribution in [0.5, 0.6) is 0 Å².